The van der Waals surface area contributed by atoms with Crippen LogP contribution in [0.1, 0.15) is 13.8 Å². The highest BCUT2D eigenvalue weighted by molar-refractivity contribution is 5.85. The Morgan fingerprint density at radius 3 is 1.00 bits per heavy atom. The minimum Gasteiger partial charge on any atom is -0.469 e. The highest BCUT2D eigenvalue weighted by atomic mass is 35.5. The molecule has 0 saturated carbocycles. The Morgan fingerprint density at radius 2 is 1.00 bits per heavy atom. The molecule has 0 aromatic heterocycles. The SMILES string of the molecule is COC(C)=O.COC(C)=O.Cl.N. The Labute approximate surface area is 78.4 Å². The van der Waals surface area contributed by atoms with Crippen LogP contribution in [0.25, 0.3) is 0 Å². The lowest BCUT2D eigenvalue weighted by molar-refractivity contribution is -0.138. The van der Waals surface area contributed by atoms with Crippen LogP contribution in [0.2, 0.25) is 0 Å². The molecule has 0 heterocycles. The van der Waals surface area contributed by atoms with Gasteiger partial charge in [-0.3, -0.25) is 9.59 Å². The fraction of sp³-hybridized carbons (Fsp3) is 0.667. The summed E-state index contributed by atoms with van der Waals surface area (Å²) in [5.74, 6) is -0.491. The number of hydrogen-bond donors (Lipinski definition) is 1. The van der Waals surface area contributed by atoms with Gasteiger partial charge < -0.3 is 15.6 Å². The van der Waals surface area contributed by atoms with Crippen molar-refractivity contribution in [2.24, 2.45) is 0 Å². The van der Waals surface area contributed by atoms with Crippen LogP contribution in [-0.4, -0.2) is 26.2 Å². The molecule has 6 heteroatoms. The van der Waals surface area contributed by atoms with Crippen LogP contribution >= 0.6 is 12.4 Å². The van der Waals surface area contributed by atoms with E-state index in [2.05, 4.69) is 9.47 Å². The monoisotopic (exact) mass is 201 g/mol. The van der Waals surface area contributed by atoms with E-state index in [-0.39, 0.29) is 30.5 Å². The lowest BCUT2D eigenvalue weighted by Crippen LogP contribution is -1.88. The molecule has 0 radical (unpaired) electrons. The number of carbonyl (C=O) groups is 2. The summed E-state index contributed by atoms with van der Waals surface area (Å²) in [6.07, 6.45) is 0. The smallest absolute Gasteiger partial charge is 0.302 e. The van der Waals surface area contributed by atoms with Gasteiger partial charge >= 0.3 is 11.9 Å². The Balaban J connectivity index is -0.0000000457. The van der Waals surface area contributed by atoms with E-state index in [4.69, 9.17) is 0 Å². The first-order valence-electron chi connectivity index (χ1n) is 2.63. The molecule has 0 aliphatic heterocycles. The third-order valence-corrected chi connectivity index (χ3v) is 0.575. The van der Waals surface area contributed by atoms with Crippen molar-refractivity contribution in [2.45, 2.75) is 13.8 Å². The van der Waals surface area contributed by atoms with Gasteiger partial charge in [0.15, 0.2) is 0 Å². The lowest BCUT2D eigenvalue weighted by Gasteiger charge is -1.80. The zero-order valence-corrected chi connectivity index (χ0v) is 8.56. The average Bonchev–Trinajstić information content (AvgIpc) is 1.89. The highest BCUT2D eigenvalue weighted by Gasteiger charge is 1.76. The molecule has 0 aromatic carbocycles. The summed E-state index contributed by atoms with van der Waals surface area (Å²) >= 11 is 0. The van der Waals surface area contributed by atoms with Crippen molar-refractivity contribution in [3.05, 3.63) is 0 Å². The molecule has 0 rings (SSSR count). The Kier molecular flexibility index (Phi) is 31.2. The van der Waals surface area contributed by atoms with E-state index in [0.29, 0.717) is 0 Å². The average molecular weight is 202 g/mol. The molecule has 12 heavy (non-hydrogen) atoms. The van der Waals surface area contributed by atoms with Crippen LogP contribution in [0, 0.1) is 0 Å². The van der Waals surface area contributed by atoms with E-state index in [9.17, 15) is 9.59 Å². The maximum Gasteiger partial charge on any atom is 0.302 e. The first kappa shape index (κ1) is 22.5. The van der Waals surface area contributed by atoms with Crippen molar-refractivity contribution in [3.63, 3.8) is 0 Å². The first-order valence-corrected chi connectivity index (χ1v) is 2.63. The summed E-state index contributed by atoms with van der Waals surface area (Å²) in [5, 5.41) is 0. The van der Waals surface area contributed by atoms with Crippen LogP contribution in [0.5, 0.6) is 0 Å². The van der Waals surface area contributed by atoms with E-state index < -0.39 is 0 Å². The largest absolute Gasteiger partial charge is 0.469 e. The van der Waals surface area contributed by atoms with Crippen molar-refractivity contribution >= 4 is 24.3 Å². The highest BCUT2D eigenvalue weighted by Crippen LogP contribution is 1.60. The Morgan fingerprint density at radius 1 is 0.917 bits per heavy atom. The molecule has 0 saturated heterocycles. The molecular weight excluding hydrogens is 186 g/mol. The van der Waals surface area contributed by atoms with Crippen molar-refractivity contribution in [1.29, 1.82) is 0 Å². The second-order valence-electron chi connectivity index (χ2n) is 1.39. The maximum absolute atomic E-state index is 9.59. The van der Waals surface area contributed by atoms with Gasteiger partial charge in [-0.1, -0.05) is 0 Å². The second kappa shape index (κ2) is 16.6. The number of ether oxygens (including phenoxy) is 2. The van der Waals surface area contributed by atoms with Gasteiger partial charge in [0, 0.05) is 13.8 Å². The van der Waals surface area contributed by atoms with Crippen LogP contribution < -0.4 is 6.15 Å². The van der Waals surface area contributed by atoms with Crippen molar-refractivity contribution in [1.82, 2.24) is 6.15 Å². The lowest BCUT2D eigenvalue weighted by atomic mass is 10.8. The molecule has 0 atom stereocenters. The molecule has 3 N–H and O–H groups in total. The molecule has 5 nitrogen and oxygen atoms in total. The van der Waals surface area contributed by atoms with E-state index >= 15 is 0 Å². The predicted octanol–water partition coefficient (Wildman–Crippen LogP) is 0.942. The summed E-state index contributed by atoms with van der Waals surface area (Å²) in [7, 11) is 2.70. The standard InChI is InChI=1S/2C3H6O2.ClH.H3N/c2*1-3(4)5-2;;/h2*1-2H3;1H;1H3. The van der Waals surface area contributed by atoms with E-state index in [1.165, 1.54) is 28.1 Å². The van der Waals surface area contributed by atoms with Gasteiger partial charge in [-0.15, -0.1) is 12.4 Å². The number of methoxy groups -OCH3 is 2. The molecule has 0 unspecified atom stereocenters. The fourth-order valence-electron chi connectivity index (χ4n) is 0. The summed E-state index contributed by atoms with van der Waals surface area (Å²) in [6.45, 7) is 2.72. The Bertz CT molecular complexity index is 104. The molecule has 0 aliphatic carbocycles. The minimum absolute atomic E-state index is 0. The van der Waals surface area contributed by atoms with E-state index in [1.807, 2.05) is 0 Å². The van der Waals surface area contributed by atoms with Crippen LogP contribution in [0.4, 0.5) is 0 Å². The van der Waals surface area contributed by atoms with Crippen LogP contribution in [-0.2, 0) is 19.1 Å². The molecule has 0 spiro atoms. The maximum atomic E-state index is 9.59. The van der Waals surface area contributed by atoms with Gasteiger partial charge in [-0.25, -0.2) is 0 Å². The van der Waals surface area contributed by atoms with Gasteiger partial charge in [0.25, 0.3) is 0 Å². The summed E-state index contributed by atoms with van der Waals surface area (Å²) in [4.78, 5) is 19.2. The van der Waals surface area contributed by atoms with Gasteiger partial charge in [0.1, 0.15) is 0 Å². The quantitative estimate of drug-likeness (QED) is 0.590. The number of halogens is 1. The van der Waals surface area contributed by atoms with E-state index in [0.717, 1.165) is 0 Å². The summed E-state index contributed by atoms with van der Waals surface area (Å²) < 4.78 is 8.22. The number of esters is 2. The first-order chi connectivity index (χ1) is 4.54. The molecular formula is C6H16ClNO4. The van der Waals surface area contributed by atoms with Crippen LogP contribution in [0.3, 0.4) is 0 Å². The minimum atomic E-state index is -0.245. The third-order valence-electron chi connectivity index (χ3n) is 0.575. The van der Waals surface area contributed by atoms with Gasteiger partial charge in [0.2, 0.25) is 0 Å². The van der Waals surface area contributed by atoms with Crippen molar-refractivity contribution in [3.8, 4) is 0 Å². The topological polar surface area (TPSA) is 87.6 Å². The summed E-state index contributed by atoms with van der Waals surface area (Å²) in [5.41, 5.74) is 0. The number of carbonyl (C=O) groups excluding carboxylic acids is 2. The van der Waals surface area contributed by atoms with Gasteiger partial charge in [-0.2, -0.15) is 0 Å². The Hall–Kier alpha value is -0.810. The third kappa shape index (κ3) is 60.6. The zero-order chi connectivity index (χ0) is 8.57. The molecule has 76 valence electrons. The molecule has 0 amide bonds. The van der Waals surface area contributed by atoms with E-state index in [1.54, 1.807) is 0 Å². The predicted molar refractivity (Wildman–Crippen MR) is 47.7 cm³/mol. The van der Waals surface area contributed by atoms with Crippen LogP contribution in [0.15, 0.2) is 0 Å². The van der Waals surface area contributed by atoms with Crippen molar-refractivity contribution < 1.29 is 19.1 Å². The molecule has 0 bridgehead atoms. The normalized spacial score (nSPS) is 5.67. The fourth-order valence-corrected chi connectivity index (χ4v) is 0. The van der Waals surface area contributed by atoms with Gasteiger partial charge in [-0.05, 0) is 0 Å². The van der Waals surface area contributed by atoms with Crippen molar-refractivity contribution in [2.75, 3.05) is 14.2 Å². The zero-order valence-electron chi connectivity index (χ0n) is 7.75. The molecule has 0 aromatic rings. The van der Waals surface area contributed by atoms with Gasteiger partial charge in [0.05, 0.1) is 14.2 Å². The number of hydrogen-bond acceptors (Lipinski definition) is 5. The summed E-state index contributed by atoms with van der Waals surface area (Å²) in [6, 6.07) is 0. The number of rotatable bonds is 0. The second-order valence-corrected chi connectivity index (χ2v) is 1.39. The molecule has 0 fully saturated rings. The molecule has 0 aliphatic rings.